The van der Waals surface area contributed by atoms with Crippen LogP contribution in [0.5, 0.6) is 0 Å². The summed E-state index contributed by atoms with van der Waals surface area (Å²) in [5.41, 5.74) is 4.72. The normalized spacial score (nSPS) is 17.4. The number of aromatic nitrogens is 1. The molecule has 0 aliphatic carbocycles. The minimum Gasteiger partial charge on any atom is -0.444 e. The number of halogens is 1. The van der Waals surface area contributed by atoms with Crippen LogP contribution in [0, 0.1) is 27.7 Å². The first-order valence-electron chi connectivity index (χ1n) is 9.62. The minimum absolute atomic E-state index is 0. The molecule has 1 aromatic carbocycles. The molecule has 1 fully saturated rings. The highest BCUT2D eigenvalue weighted by Gasteiger charge is 2.25. The number of guanidine groups is 1. The molecule has 0 spiro atoms. The molecule has 1 aliphatic rings. The van der Waals surface area contributed by atoms with Gasteiger partial charge in [0.25, 0.3) is 0 Å². The third-order valence-electron chi connectivity index (χ3n) is 4.91. The highest BCUT2D eigenvalue weighted by molar-refractivity contribution is 14.0. The predicted octanol–water partition coefficient (Wildman–Crippen LogP) is 4.07. The van der Waals surface area contributed by atoms with Crippen molar-refractivity contribution >= 4 is 29.9 Å². The van der Waals surface area contributed by atoms with Crippen LogP contribution in [-0.2, 0) is 11.3 Å². The number of aliphatic imine (C=N–C) groups is 1. The average Bonchev–Trinajstić information content (AvgIpc) is 2.96. The number of hydrogen-bond donors (Lipinski definition) is 1. The Balaban J connectivity index is 0.00000280. The Morgan fingerprint density at radius 2 is 2.07 bits per heavy atom. The van der Waals surface area contributed by atoms with E-state index in [1.807, 2.05) is 13.8 Å². The van der Waals surface area contributed by atoms with Crippen molar-refractivity contribution in [1.29, 1.82) is 0 Å². The van der Waals surface area contributed by atoms with Gasteiger partial charge in [0.1, 0.15) is 18.4 Å². The zero-order valence-corrected chi connectivity index (χ0v) is 19.7. The molecular formula is C21H31IN4O2. The summed E-state index contributed by atoms with van der Waals surface area (Å²) in [5.74, 6) is 2.38. The maximum atomic E-state index is 6.07. The zero-order chi connectivity index (χ0) is 19.4. The van der Waals surface area contributed by atoms with Crippen LogP contribution < -0.4 is 5.32 Å². The number of nitrogens with zero attached hydrogens (tertiary/aromatic N) is 3. The van der Waals surface area contributed by atoms with Gasteiger partial charge in [-0.15, -0.1) is 24.0 Å². The summed E-state index contributed by atoms with van der Waals surface area (Å²) in [7, 11) is 0. The smallest absolute Gasteiger partial charge is 0.216 e. The van der Waals surface area contributed by atoms with E-state index in [1.165, 1.54) is 16.7 Å². The predicted molar refractivity (Wildman–Crippen MR) is 122 cm³/mol. The SMILES string of the molecule is CCNC(=NCc1nc(C)c(C)o1)N1CCOC(c2ccc(C)cc2C)C1.I. The van der Waals surface area contributed by atoms with Crippen molar-refractivity contribution in [2.24, 2.45) is 4.99 Å². The van der Waals surface area contributed by atoms with Crippen LogP contribution >= 0.6 is 24.0 Å². The molecule has 28 heavy (non-hydrogen) atoms. The molecule has 1 aromatic heterocycles. The van der Waals surface area contributed by atoms with Gasteiger partial charge in [-0.2, -0.15) is 0 Å². The van der Waals surface area contributed by atoms with E-state index >= 15 is 0 Å². The molecule has 154 valence electrons. The maximum Gasteiger partial charge on any atom is 0.216 e. The van der Waals surface area contributed by atoms with Gasteiger partial charge in [0.15, 0.2) is 5.96 Å². The molecule has 0 saturated carbocycles. The Bertz CT molecular complexity index is 799. The molecule has 0 amide bonds. The van der Waals surface area contributed by atoms with E-state index in [0.717, 1.165) is 37.0 Å². The number of aryl methyl sites for hydroxylation is 4. The summed E-state index contributed by atoms with van der Waals surface area (Å²) < 4.78 is 11.7. The molecular weight excluding hydrogens is 467 g/mol. The number of morpholine rings is 1. The topological polar surface area (TPSA) is 62.9 Å². The lowest BCUT2D eigenvalue weighted by Gasteiger charge is -2.35. The second-order valence-electron chi connectivity index (χ2n) is 7.08. The van der Waals surface area contributed by atoms with Crippen molar-refractivity contribution in [2.45, 2.75) is 47.3 Å². The van der Waals surface area contributed by atoms with E-state index in [0.29, 0.717) is 19.0 Å². The average molecular weight is 498 g/mol. The number of ether oxygens (including phenoxy) is 1. The van der Waals surface area contributed by atoms with Gasteiger partial charge in [-0.25, -0.2) is 9.98 Å². The molecule has 2 aromatic rings. The zero-order valence-electron chi connectivity index (χ0n) is 17.4. The fourth-order valence-corrected chi connectivity index (χ4v) is 3.39. The molecule has 1 N–H and O–H groups in total. The fourth-order valence-electron chi connectivity index (χ4n) is 3.39. The van der Waals surface area contributed by atoms with Gasteiger partial charge in [-0.05, 0) is 45.7 Å². The summed E-state index contributed by atoms with van der Waals surface area (Å²) in [6.45, 7) is 13.7. The molecule has 6 nitrogen and oxygen atoms in total. The third-order valence-corrected chi connectivity index (χ3v) is 4.91. The Labute approximate surface area is 184 Å². The van der Waals surface area contributed by atoms with Crippen LogP contribution in [0.15, 0.2) is 27.6 Å². The van der Waals surface area contributed by atoms with Gasteiger partial charge in [-0.1, -0.05) is 23.8 Å². The standard InChI is InChI=1S/C21H30N4O2.HI/c1-6-22-21(23-12-20-24-16(4)17(5)27-20)25-9-10-26-19(13-25)18-8-7-14(2)11-15(18)3;/h7-8,11,19H,6,9-10,12-13H2,1-5H3,(H,22,23);1H. The van der Waals surface area contributed by atoms with E-state index in [1.54, 1.807) is 0 Å². The molecule has 3 rings (SSSR count). The summed E-state index contributed by atoms with van der Waals surface area (Å²) in [4.78, 5) is 11.4. The van der Waals surface area contributed by atoms with Gasteiger partial charge < -0.3 is 19.4 Å². The number of oxazole rings is 1. The molecule has 1 aliphatic heterocycles. The van der Waals surface area contributed by atoms with Gasteiger partial charge in [0, 0.05) is 13.1 Å². The van der Waals surface area contributed by atoms with Crippen LogP contribution in [0.4, 0.5) is 0 Å². The number of rotatable bonds is 4. The quantitative estimate of drug-likeness (QED) is 0.392. The monoisotopic (exact) mass is 498 g/mol. The Hall–Kier alpha value is -1.61. The number of hydrogen-bond acceptors (Lipinski definition) is 4. The maximum absolute atomic E-state index is 6.07. The Morgan fingerprint density at radius 1 is 1.29 bits per heavy atom. The molecule has 0 radical (unpaired) electrons. The minimum atomic E-state index is 0. The van der Waals surface area contributed by atoms with Crippen molar-refractivity contribution in [3.8, 4) is 0 Å². The van der Waals surface area contributed by atoms with Gasteiger partial charge in [0.2, 0.25) is 5.89 Å². The molecule has 1 atom stereocenters. The molecule has 2 heterocycles. The van der Waals surface area contributed by atoms with Crippen molar-refractivity contribution < 1.29 is 9.15 Å². The molecule has 0 bridgehead atoms. The lowest BCUT2D eigenvalue weighted by Crippen LogP contribution is -2.48. The Kier molecular flexibility index (Phi) is 8.30. The first kappa shape index (κ1) is 22.7. The number of nitrogens with one attached hydrogen (secondary N) is 1. The van der Waals surface area contributed by atoms with Crippen LogP contribution in [0.2, 0.25) is 0 Å². The first-order chi connectivity index (χ1) is 13.0. The molecule has 7 heteroatoms. The van der Waals surface area contributed by atoms with Gasteiger partial charge in [0.05, 0.1) is 18.8 Å². The van der Waals surface area contributed by atoms with Crippen LogP contribution in [0.25, 0.3) is 0 Å². The molecule has 1 unspecified atom stereocenters. The lowest BCUT2D eigenvalue weighted by atomic mass is 10.00. The van der Waals surface area contributed by atoms with Crippen molar-refractivity contribution in [2.75, 3.05) is 26.2 Å². The van der Waals surface area contributed by atoms with E-state index in [9.17, 15) is 0 Å². The van der Waals surface area contributed by atoms with E-state index in [4.69, 9.17) is 14.1 Å². The van der Waals surface area contributed by atoms with Crippen molar-refractivity contribution in [1.82, 2.24) is 15.2 Å². The van der Waals surface area contributed by atoms with Crippen molar-refractivity contribution in [3.05, 3.63) is 52.2 Å². The first-order valence-corrected chi connectivity index (χ1v) is 9.62. The van der Waals surface area contributed by atoms with Crippen LogP contribution in [0.3, 0.4) is 0 Å². The highest BCUT2D eigenvalue weighted by atomic mass is 127. The second-order valence-corrected chi connectivity index (χ2v) is 7.08. The van der Waals surface area contributed by atoms with Gasteiger partial charge >= 0.3 is 0 Å². The summed E-state index contributed by atoms with van der Waals surface area (Å²) >= 11 is 0. The lowest BCUT2D eigenvalue weighted by molar-refractivity contribution is -0.00835. The summed E-state index contributed by atoms with van der Waals surface area (Å²) in [6.07, 6.45) is 0.0504. The van der Waals surface area contributed by atoms with Crippen LogP contribution in [0.1, 0.15) is 47.1 Å². The van der Waals surface area contributed by atoms with E-state index in [-0.39, 0.29) is 30.1 Å². The summed E-state index contributed by atoms with van der Waals surface area (Å²) in [5, 5.41) is 3.39. The van der Waals surface area contributed by atoms with Gasteiger partial charge in [-0.3, -0.25) is 0 Å². The Morgan fingerprint density at radius 3 is 2.71 bits per heavy atom. The summed E-state index contributed by atoms with van der Waals surface area (Å²) in [6, 6.07) is 6.54. The van der Waals surface area contributed by atoms with E-state index in [2.05, 4.69) is 54.2 Å². The van der Waals surface area contributed by atoms with E-state index < -0.39 is 0 Å². The van der Waals surface area contributed by atoms with Crippen LogP contribution in [-0.4, -0.2) is 42.1 Å². The molecule has 1 saturated heterocycles. The second kappa shape index (κ2) is 10.2. The third kappa shape index (κ3) is 5.47. The fraction of sp³-hybridized carbons (Fsp3) is 0.524. The highest BCUT2D eigenvalue weighted by Crippen LogP contribution is 2.26. The number of benzene rings is 1. The largest absolute Gasteiger partial charge is 0.444 e. The van der Waals surface area contributed by atoms with Crippen molar-refractivity contribution in [3.63, 3.8) is 0 Å².